The minimum absolute atomic E-state index is 0.0250. The maximum atomic E-state index is 12.4. The highest BCUT2D eigenvalue weighted by molar-refractivity contribution is 7.86. The summed E-state index contributed by atoms with van der Waals surface area (Å²) in [5.74, 6) is -0.853. The smallest absolute Gasteiger partial charge is 0.247 e. The molecule has 0 aromatic heterocycles. The van der Waals surface area contributed by atoms with Gasteiger partial charge in [0.25, 0.3) is 16.2 Å². The van der Waals surface area contributed by atoms with E-state index < -0.39 is 34.3 Å². The number of hydrogen-bond acceptors (Lipinski definition) is 3. The Labute approximate surface area is 177 Å². The van der Waals surface area contributed by atoms with Gasteiger partial charge in [-0.05, 0) is 6.42 Å². The first-order valence-corrected chi connectivity index (χ1v) is 12.5. The second kappa shape index (κ2) is 15.3. The van der Waals surface area contributed by atoms with Crippen molar-refractivity contribution < 1.29 is 38.9 Å². The monoisotopic (exact) mass is 470 g/mol. The predicted octanol–water partition coefficient (Wildman–Crippen LogP) is 7.70. The molecule has 0 fully saturated rings. The summed E-state index contributed by atoms with van der Waals surface area (Å²) < 4.78 is 100. The molecule has 0 spiro atoms. The lowest BCUT2D eigenvalue weighted by atomic mass is 10.0. The molecule has 10 heteroatoms. The minimum atomic E-state index is -5.83. The molecule has 0 atom stereocenters. The molecule has 0 unspecified atom stereocenters. The molecule has 0 radical (unpaired) electrons. The van der Waals surface area contributed by atoms with Crippen molar-refractivity contribution in [2.45, 2.75) is 122 Å². The molecule has 0 heterocycles. The molecule has 30 heavy (non-hydrogen) atoms. The van der Waals surface area contributed by atoms with Gasteiger partial charge >= 0.3 is 12.4 Å². The Hall–Kier alpha value is -0.510. The van der Waals surface area contributed by atoms with Crippen LogP contribution in [-0.4, -0.2) is 32.6 Å². The lowest BCUT2D eigenvalue weighted by Crippen LogP contribution is -2.45. The first-order chi connectivity index (χ1) is 13.9. The highest BCUT2D eigenvalue weighted by atomic mass is 32.2. The molecule has 0 amide bonds. The maximum Gasteiger partial charge on any atom is 0.425 e. The molecule has 0 aliphatic heterocycles. The van der Waals surface area contributed by atoms with Crippen LogP contribution in [0.3, 0.4) is 0 Å². The predicted molar refractivity (Wildman–Crippen MR) is 106 cm³/mol. The van der Waals surface area contributed by atoms with Gasteiger partial charge in [-0.1, -0.05) is 96.8 Å². The SMILES string of the molecule is CCCCCCCCCCCCCCCCCS(=O)(=O)OC(C(F)(F)F)C(F)(F)F. The van der Waals surface area contributed by atoms with E-state index in [1.54, 1.807) is 0 Å². The third-order valence-corrected chi connectivity index (χ3v) is 6.11. The van der Waals surface area contributed by atoms with E-state index in [4.69, 9.17) is 0 Å². The van der Waals surface area contributed by atoms with Crippen molar-refractivity contribution in [1.29, 1.82) is 0 Å². The zero-order chi connectivity index (χ0) is 23.1. The second-order valence-corrected chi connectivity index (χ2v) is 9.49. The van der Waals surface area contributed by atoms with Crippen molar-refractivity contribution in [2.75, 3.05) is 5.75 Å². The van der Waals surface area contributed by atoms with E-state index in [2.05, 4.69) is 11.1 Å². The van der Waals surface area contributed by atoms with Crippen molar-refractivity contribution >= 4 is 10.1 Å². The van der Waals surface area contributed by atoms with Gasteiger partial charge in [0.1, 0.15) is 0 Å². The van der Waals surface area contributed by atoms with E-state index in [9.17, 15) is 34.8 Å². The maximum absolute atomic E-state index is 12.4. The molecule has 182 valence electrons. The summed E-state index contributed by atoms with van der Waals surface area (Å²) in [6, 6.07) is 0. The van der Waals surface area contributed by atoms with E-state index in [-0.39, 0.29) is 6.42 Å². The zero-order valence-corrected chi connectivity index (χ0v) is 18.6. The lowest BCUT2D eigenvalue weighted by Gasteiger charge is -2.22. The third-order valence-electron chi connectivity index (χ3n) is 4.84. The van der Waals surface area contributed by atoms with Crippen LogP contribution in [0.15, 0.2) is 0 Å². The highest BCUT2D eigenvalue weighted by Gasteiger charge is 2.60. The average Bonchev–Trinajstić information content (AvgIpc) is 2.61. The van der Waals surface area contributed by atoms with Crippen LogP contribution in [0.25, 0.3) is 0 Å². The van der Waals surface area contributed by atoms with Crippen LogP contribution in [-0.2, 0) is 14.3 Å². The highest BCUT2D eigenvalue weighted by Crippen LogP contribution is 2.36. The van der Waals surface area contributed by atoms with Crippen molar-refractivity contribution in [3.05, 3.63) is 0 Å². The van der Waals surface area contributed by atoms with Crippen LogP contribution in [0.5, 0.6) is 0 Å². The summed E-state index contributed by atoms with van der Waals surface area (Å²) in [6.07, 6.45) is -0.642. The zero-order valence-electron chi connectivity index (χ0n) is 17.8. The first-order valence-electron chi connectivity index (χ1n) is 10.9. The van der Waals surface area contributed by atoms with Crippen LogP contribution in [0, 0.1) is 0 Å². The summed E-state index contributed by atoms with van der Waals surface area (Å²) in [5, 5.41) is 0. The quantitative estimate of drug-likeness (QED) is 0.117. The molecular formula is C20H36F6O3S. The van der Waals surface area contributed by atoms with Gasteiger partial charge in [0, 0.05) is 0 Å². The first kappa shape index (κ1) is 29.5. The Morgan fingerprint density at radius 3 is 1.20 bits per heavy atom. The standard InChI is InChI=1S/C20H36F6O3S/c1-2-3-4-5-6-7-8-9-10-11-12-13-14-15-16-17-30(27,28)29-18(19(21,22)23)20(24,25)26/h18H,2-17H2,1H3. The van der Waals surface area contributed by atoms with Crippen molar-refractivity contribution in [3.8, 4) is 0 Å². The van der Waals surface area contributed by atoms with Crippen molar-refractivity contribution in [1.82, 2.24) is 0 Å². The molecule has 0 saturated carbocycles. The van der Waals surface area contributed by atoms with Crippen LogP contribution >= 0.6 is 0 Å². The molecule has 0 aliphatic carbocycles. The van der Waals surface area contributed by atoms with Crippen LogP contribution in [0.2, 0.25) is 0 Å². The van der Waals surface area contributed by atoms with Gasteiger partial charge in [0.05, 0.1) is 5.75 Å². The largest absolute Gasteiger partial charge is 0.425 e. The average molecular weight is 471 g/mol. The molecule has 0 saturated heterocycles. The van der Waals surface area contributed by atoms with Gasteiger partial charge in [-0.15, -0.1) is 0 Å². The van der Waals surface area contributed by atoms with E-state index in [0.717, 1.165) is 25.7 Å². The second-order valence-electron chi connectivity index (χ2n) is 7.77. The van der Waals surface area contributed by atoms with Gasteiger partial charge in [-0.25, -0.2) is 4.18 Å². The summed E-state index contributed by atoms with van der Waals surface area (Å²) in [6.45, 7) is 2.20. The number of hydrogen-bond donors (Lipinski definition) is 0. The van der Waals surface area contributed by atoms with Gasteiger partial charge in [-0.2, -0.15) is 34.8 Å². The van der Waals surface area contributed by atoms with E-state index >= 15 is 0 Å². The number of rotatable bonds is 18. The summed E-state index contributed by atoms with van der Waals surface area (Å²) in [4.78, 5) is 0. The Bertz CT molecular complexity index is 504. The fourth-order valence-corrected chi connectivity index (χ4v) is 4.30. The summed E-state index contributed by atoms with van der Waals surface area (Å²) in [5.41, 5.74) is 0. The van der Waals surface area contributed by atoms with E-state index in [1.165, 1.54) is 51.4 Å². The Balaban J connectivity index is 3.74. The molecule has 0 N–H and O–H groups in total. The van der Waals surface area contributed by atoms with Crippen LogP contribution in [0.1, 0.15) is 103 Å². The molecule has 3 nitrogen and oxygen atoms in total. The van der Waals surface area contributed by atoms with E-state index in [1.807, 2.05) is 0 Å². The molecule has 0 bridgehead atoms. The van der Waals surface area contributed by atoms with Gasteiger partial charge < -0.3 is 0 Å². The summed E-state index contributed by atoms with van der Waals surface area (Å²) in [7, 11) is -4.91. The fourth-order valence-electron chi connectivity index (χ4n) is 3.14. The molecule has 0 aliphatic rings. The number of unbranched alkanes of at least 4 members (excludes halogenated alkanes) is 14. The van der Waals surface area contributed by atoms with Gasteiger partial charge in [0.2, 0.25) is 0 Å². The van der Waals surface area contributed by atoms with Crippen LogP contribution in [0.4, 0.5) is 26.3 Å². The fraction of sp³-hybridized carbons (Fsp3) is 1.00. The summed E-state index contributed by atoms with van der Waals surface area (Å²) >= 11 is 0. The van der Waals surface area contributed by atoms with Gasteiger partial charge in [0.15, 0.2) is 0 Å². The number of alkyl halides is 6. The van der Waals surface area contributed by atoms with Gasteiger partial charge in [-0.3, -0.25) is 0 Å². The Kier molecular flexibility index (Phi) is 15.1. The molecule has 0 rings (SSSR count). The topological polar surface area (TPSA) is 43.4 Å². The van der Waals surface area contributed by atoms with E-state index in [0.29, 0.717) is 12.8 Å². The number of halogens is 6. The Morgan fingerprint density at radius 1 is 0.600 bits per heavy atom. The lowest BCUT2D eigenvalue weighted by molar-refractivity contribution is -0.299. The molecule has 0 aromatic carbocycles. The van der Waals surface area contributed by atoms with Crippen LogP contribution < -0.4 is 0 Å². The van der Waals surface area contributed by atoms with Crippen molar-refractivity contribution in [2.24, 2.45) is 0 Å². The minimum Gasteiger partial charge on any atom is -0.247 e. The molecule has 0 aromatic rings. The molecular weight excluding hydrogens is 434 g/mol. The normalized spacial score (nSPS) is 13.3. The van der Waals surface area contributed by atoms with Crippen molar-refractivity contribution in [3.63, 3.8) is 0 Å². The third kappa shape index (κ3) is 16.2. The Morgan fingerprint density at radius 2 is 0.900 bits per heavy atom.